The van der Waals surface area contributed by atoms with Crippen LogP contribution in [0.25, 0.3) is 0 Å². The second-order valence-corrected chi connectivity index (χ2v) is 4.81. The van der Waals surface area contributed by atoms with E-state index in [1.54, 1.807) is 13.8 Å². The number of halogens is 3. The van der Waals surface area contributed by atoms with Crippen LogP contribution in [0.4, 0.5) is 19.0 Å². The van der Waals surface area contributed by atoms with Gasteiger partial charge in [-0.2, -0.15) is 13.2 Å². The topological polar surface area (TPSA) is 64.9 Å². The summed E-state index contributed by atoms with van der Waals surface area (Å²) in [7, 11) is 0. The lowest BCUT2D eigenvalue weighted by Crippen LogP contribution is -2.07. The van der Waals surface area contributed by atoms with Crippen LogP contribution in [0.2, 0.25) is 0 Å². The van der Waals surface area contributed by atoms with Gasteiger partial charge in [0.2, 0.25) is 0 Å². The molecule has 0 fully saturated rings. The average molecular weight is 289 g/mol. The van der Waals surface area contributed by atoms with Crippen LogP contribution in [-0.4, -0.2) is 9.97 Å². The molecule has 0 aromatic carbocycles. The average Bonchev–Trinajstić information content (AvgIpc) is 2.55. The number of aromatic nitrogens is 2. The van der Waals surface area contributed by atoms with E-state index in [4.69, 9.17) is 10.2 Å². The Labute approximate surface area is 111 Å². The number of aryl methyl sites for hydroxylation is 2. The van der Waals surface area contributed by atoms with Gasteiger partial charge in [-0.05, 0) is 37.7 Å². The summed E-state index contributed by atoms with van der Waals surface area (Å²) in [4.78, 5) is 7.88. The van der Waals surface area contributed by atoms with E-state index in [0.717, 1.165) is 23.9 Å². The molecule has 0 aliphatic rings. The fourth-order valence-electron chi connectivity index (χ4n) is 1.32. The molecule has 4 nitrogen and oxygen atoms in total. The Bertz CT molecular complexity index is 590. The zero-order valence-corrected chi connectivity index (χ0v) is 10.9. The number of nitrogens with zero attached hydrogens (tertiary/aromatic N) is 2. The molecule has 0 aliphatic carbocycles. The van der Waals surface area contributed by atoms with Gasteiger partial charge in [0.05, 0.1) is 11.3 Å². The van der Waals surface area contributed by atoms with Crippen LogP contribution in [0, 0.1) is 13.8 Å². The highest BCUT2D eigenvalue weighted by Gasteiger charge is 2.31. The Balaban J connectivity index is 2.32. The molecule has 2 aromatic rings. The molecule has 0 aliphatic heterocycles. The molecule has 0 bridgehead atoms. The van der Waals surface area contributed by atoms with Crippen molar-refractivity contribution in [2.24, 2.45) is 0 Å². The van der Waals surface area contributed by atoms with Gasteiger partial charge < -0.3 is 10.2 Å². The second kappa shape index (κ2) is 4.76. The van der Waals surface area contributed by atoms with Gasteiger partial charge in [0.15, 0.2) is 0 Å². The zero-order chi connectivity index (χ0) is 14.2. The maximum Gasteiger partial charge on any atom is 0.416 e. The summed E-state index contributed by atoms with van der Waals surface area (Å²) >= 11 is 0.898. The van der Waals surface area contributed by atoms with Gasteiger partial charge >= 0.3 is 6.18 Å². The highest BCUT2D eigenvalue weighted by Crippen LogP contribution is 2.34. The lowest BCUT2D eigenvalue weighted by atomic mass is 10.2. The molecule has 8 heteroatoms. The van der Waals surface area contributed by atoms with Crippen molar-refractivity contribution in [1.29, 1.82) is 0 Å². The van der Waals surface area contributed by atoms with Crippen molar-refractivity contribution in [1.82, 2.24) is 9.97 Å². The molecule has 0 radical (unpaired) electrons. The van der Waals surface area contributed by atoms with Crippen molar-refractivity contribution in [3.05, 3.63) is 29.2 Å². The van der Waals surface area contributed by atoms with Gasteiger partial charge in [0, 0.05) is 0 Å². The molecular weight excluding hydrogens is 279 g/mol. The molecule has 2 heterocycles. The van der Waals surface area contributed by atoms with E-state index in [-0.39, 0.29) is 16.1 Å². The number of hydrogen-bond donors (Lipinski definition) is 1. The van der Waals surface area contributed by atoms with Gasteiger partial charge in [-0.25, -0.2) is 9.97 Å². The SMILES string of the molecule is Cc1nc(Sc2cc(C(F)(F)F)cc(N)n2)oc1C. The van der Waals surface area contributed by atoms with E-state index in [9.17, 15) is 13.2 Å². The first-order chi connectivity index (χ1) is 8.75. The van der Waals surface area contributed by atoms with Crippen LogP contribution < -0.4 is 5.73 Å². The van der Waals surface area contributed by atoms with Crippen molar-refractivity contribution < 1.29 is 17.6 Å². The normalized spacial score (nSPS) is 11.8. The van der Waals surface area contributed by atoms with Gasteiger partial charge in [0.1, 0.15) is 16.6 Å². The molecule has 0 saturated heterocycles. The predicted octanol–water partition coefficient (Wildman–Crippen LogP) is 3.44. The van der Waals surface area contributed by atoms with Crippen molar-refractivity contribution in [3.63, 3.8) is 0 Å². The Kier molecular flexibility index (Phi) is 3.44. The summed E-state index contributed by atoms with van der Waals surface area (Å²) in [5, 5.41) is 0.329. The standard InChI is InChI=1S/C11H10F3N3OS/c1-5-6(2)18-10(16-5)19-9-4-7(11(12,13)14)3-8(15)17-9/h3-4H,1-2H3,(H2,15,17). The van der Waals surface area contributed by atoms with Gasteiger partial charge in [-0.15, -0.1) is 0 Å². The minimum Gasteiger partial charge on any atom is -0.436 e. The minimum atomic E-state index is -4.46. The largest absolute Gasteiger partial charge is 0.436 e. The smallest absolute Gasteiger partial charge is 0.416 e. The van der Waals surface area contributed by atoms with Crippen LogP contribution in [0.3, 0.4) is 0 Å². The molecule has 0 spiro atoms. The highest BCUT2D eigenvalue weighted by atomic mass is 32.2. The Morgan fingerprint density at radius 1 is 1.21 bits per heavy atom. The number of hydrogen-bond acceptors (Lipinski definition) is 5. The maximum atomic E-state index is 12.6. The molecule has 0 amide bonds. The third-order valence-corrected chi connectivity index (χ3v) is 3.12. The quantitative estimate of drug-likeness (QED) is 0.917. The van der Waals surface area contributed by atoms with E-state index < -0.39 is 11.7 Å². The number of pyridine rings is 1. The summed E-state index contributed by atoms with van der Waals surface area (Å²) in [5.74, 6) is 0.416. The van der Waals surface area contributed by atoms with Crippen LogP contribution >= 0.6 is 11.8 Å². The second-order valence-electron chi connectivity index (χ2n) is 3.84. The first-order valence-corrected chi connectivity index (χ1v) is 6.04. The maximum absolute atomic E-state index is 12.6. The highest BCUT2D eigenvalue weighted by molar-refractivity contribution is 7.99. The van der Waals surface area contributed by atoms with Gasteiger partial charge in [0.25, 0.3) is 5.22 Å². The van der Waals surface area contributed by atoms with Crippen molar-refractivity contribution in [3.8, 4) is 0 Å². The van der Waals surface area contributed by atoms with E-state index in [1.165, 1.54) is 0 Å². The number of anilines is 1. The van der Waals surface area contributed by atoms with Gasteiger partial charge in [-0.1, -0.05) is 0 Å². The Hall–Kier alpha value is -1.70. The first kappa shape index (κ1) is 13.7. The monoisotopic (exact) mass is 289 g/mol. The summed E-state index contributed by atoms with van der Waals surface area (Å²) < 4.78 is 43.1. The Morgan fingerprint density at radius 2 is 1.89 bits per heavy atom. The van der Waals surface area contributed by atoms with Crippen LogP contribution in [-0.2, 0) is 6.18 Å². The molecular formula is C11H10F3N3OS. The summed E-state index contributed by atoms with van der Waals surface area (Å²) in [6, 6.07) is 1.70. The Morgan fingerprint density at radius 3 is 2.42 bits per heavy atom. The number of oxazole rings is 1. The van der Waals surface area contributed by atoms with E-state index in [0.29, 0.717) is 11.5 Å². The number of alkyl halides is 3. The third kappa shape index (κ3) is 3.19. The van der Waals surface area contributed by atoms with Crippen molar-refractivity contribution in [2.45, 2.75) is 30.3 Å². The lowest BCUT2D eigenvalue weighted by Gasteiger charge is -2.08. The number of nitrogens with two attached hydrogens (primary N) is 1. The molecule has 2 N–H and O–H groups in total. The van der Waals surface area contributed by atoms with Gasteiger partial charge in [-0.3, -0.25) is 0 Å². The first-order valence-electron chi connectivity index (χ1n) is 5.22. The predicted molar refractivity (Wildman–Crippen MR) is 63.8 cm³/mol. The summed E-state index contributed by atoms with van der Waals surface area (Å²) in [5.41, 5.74) is 5.21. The minimum absolute atomic E-state index is 0.0913. The zero-order valence-electron chi connectivity index (χ0n) is 10.1. The van der Waals surface area contributed by atoms with Crippen LogP contribution in [0.1, 0.15) is 17.0 Å². The van der Waals surface area contributed by atoms with E-state index >= 15 is 0 Å². The third-order valence-electron chi connectivity index (χ3n) is 2.35. The molecule has 102 valence electrons. The van der Waals surface area contributed by atoms with Crippen LogP contribution in [0.5, 0.6) is 0 Å². The summed E-state index contributed by atoms with van der Waals surface area (Å²) in [6.45, 7) is 3.47. The molecule has 0 saturated carbocycles. The molecule has 19 heavy (non-hydrogen) atoms. The van der Waals surface area contributed by atoms with E-state index in [1.807, 2.05) is 0 Å². The summed E-state index contributed by atoms with van der Waals surface area (Å²) in [6.07, 6.45) is -4.46. The molecule has 0 atom stereocenters. The lowest BCUT2D eigenvalue weighted by molar-refractivity contribution is -0.137. The van der Waals surface area contributed by atoms with Crippen molar-refractivity contribution in [2.75, 3.05) is 5.73 Å². The molecule has 2 aromatic heterocycles. The van der Waals surface area contributed by atoms with E-state index in [2.05, 4.69) is 9.97 Å². The fraction of sp³-hybridized carbons (Fsp3) is 0.273. The van der Waals surface area contributed by atoms with Crippen molar-refractivity contribution >= 4 is 17.6 Å². The van der Waals surface area contributed by atoms with Crippen LogP contribution in [0.15, 0.2) is 26.8 Å². The number of rotatable bonds is 2. The number of nitrogen functional groups attached to an aromatic ring is 1. The fourth-order valence-corrected chi connectivity index (χ4v) is 2.18. The molecule has 0 unspecified atom stereocenters. The molecule has 2 rings (SSSR count).